The van der Waals surface area contributed by atoms with Crippen LogP contribution < -0.4 is 4.74 Å². The van der Waals surface area contributed by atoms with Crippen LogP contribution in [-0.2, 0) is 35.5 Å². The van der Waals surface area contributed by atoms with Gasteiger partial charge >= 0.3 is 14.0 Å². The van der Waals surface area contributed by atoms with E-state index in [-0.39, 0.29) is 31.1 Å². The summed E-state index contributed by atoms with van der Waals surface area (Å²) in [6, 6.07) is 11.6. The smallest absolute Gasteiger partial charge is 0.475 e. The van der Waals surface area contributed by atoms with Gasteiger partial charge in [-0.25, -0.2) is 9.56 Å². The lowest BCUT2D eigenvalue weighted by molar-refractivity contribution is -0.139. The van der Waals surface area contributed by atoms with Gasteiger partial charge in [0.05, 0.1) is 30.0 Å². The molecule has 0 fully saturated rings. The van der Waals surface area contributed by atoms with E-state index in [4.69, 9.17) is 23.0 Å². The molecule has 3 rings (SSSR count). The van der Waals surface area contributed by atoms with Crippen LogP contribution in [0.15, 0.2) is 58.0 Å². The lowest BCUT2D eigenvalue weighted by Gasteiger charge is -2.32. The molecule has 0 saturated carbocycles. The zero-order chi connectivity index (χ0) is 32.1. The number of ether oxygens (including phenoxy) is 2. The van der Waals surface area contributed by atoms with E-state index in [1.807, 2.05) is 24.3 Å². The number of rotatable bonds is 12. The molecule has 0 aliphatic carbocycles. The second kappa shape index (κ2) is 13.9. The van der Waals surface area contributed by atoms with Crippen molar-refractivity contribution in [2.24, 2.45) is 4.99 Å². The van der Waals surface area contributed by atoms with Crippen molar-refractivity contribution >= 4 is 35.7 Å². The van der Waals surface area contributed by atoms with Crippen LogP contribution in [0.3, 0.4) is 0 Å². The zero-order valence-electron chi connectivity index (χ0n) is 25.6. The molecule has 0 saturated heterocycles. The summed E-state index contributed by atoms with van der Waals surface area (Å²) in [5.74, 6) is 0.121. The van der Waals surface area contributed by atoms with E-state index in [9.17, 15) is 17.7 Å². The maximum atomic E-state index is 14.0. The van der Waals surface area contributed by atoms with E-state index >= 15 is 0 Å². The van der Waals surface area contributed by atoms with Crippen LogP contribution in [0, 0.1) is 0 Å². The molecule has 7 nitrogen and oxygen atoms in total. The lowest BCUT2D eigenvalue weighted by atomic mass is 10.0. The Kier molecular flexibility index (Phi) is 11.4. The highest BCUT2D eigenvalue weighted by Gasteiger charge is 2.42. The molecule has 1 heterocycles. The minimum atomic E-state index is -4.63. The summed E-state index contributed by atoms with van der Waals surface area (Å²) in [5.41, 5.74) is -2.39. The molecule has 0 spiro atoms. The molecule has 1 aliphatic rings. The van der Waals surface area contributed by atoms with Crippen LogP contribution in [0.4, 0.5) is 13.2 Å². The highest BCUT2D eigenvalue weighted by Crippen LogP contribution is 2.56. The number of hydrogen-bond acceptors (Lipinski definition) is 7. The maximum Gasteiger partial charge on any atom is 0.475 e. The topological polar surface area (TPSA) is 75.6 Å². The summed E-state index contributed by atoms with van der Waals surface area (Å²) in [4.78, 5) is 4.50. The van der Waals surface area contributed by atoms with Crippen LogP contribution in [0.1, 0.15) is 71.6 Å². The minimum Gasteiger partial charge on any atom is -0.493 e. The molecule has 1 unspecified atom stereocenters. The molecule has 0 N–H and O–H groups in total. The number of alkyl halides is 3. The Morgan fingerprint density at radius 2 is 1.65 bits per heavy atom. The molecule has 0 radical (unpaired) electrons. The predicted octanol–water partition coefficient (Wildman–Crippen LogP) is 9.44. The highest BCUT2D eigenvalue weighted by atomic mass is 79.9. The Bertz CT molecular complexity index is 1330. The van der Waals surface area contributed by atoms with Gasteiger partial charge in [0.2, 0.25) is 0 Å². The zero-order valence-corrected chi connectivity index (χ0v) is 28.1. The number of aryl methyl sites for hydroxylation is 1. The number of halogens is 4. The van der Waals surface area contributed by atoms with E-state index < -0.39 is 36.3 Å². The first kappa shape index (κ1) is 35.3. The second-order valence-electron chi connectivity index (χ2n) is 12.3. The SMILES string of the molecule is CC1=NC(/C=C/c2ccc(OCCCc3ccc(Br)cc3)c(C(F)(F)F)c2)(COP(=O)(OC(C)(C)C)OC(C)(C)C)CO1. The van der Waals surface area contributed by atoms with Crippen LogP contribution in [0.2, 0.25) is 0 Å². The van der Waals surface area contributed by atoms with Crippen molar-refractivity contribution < 1.29 is 40.8 Å². The van der Waals surface area contributed by atoms with Gasteiger partial charge in [0.1, 0.15) is 17.9 Å². The van der Waals surface area contributed by atoms with Crippen molar-refractivity contribution in [1.29, 1.82) is 0 Å². The molecule has 2 aromatic carbocycles. The molecule has 0 bridgehead atoms. The predicted molar refractivity (Wildman–Crippen MR) is 165 cm³/mol. The molecule has 0 aromatic heterocycles. The number of benzene rings is 2. The fourth-order valence-corrected chi connectivity index (χ4v) is 6.24. The molecule has 2 aromatic rings. The van der Waals surface area contributed by atoms with Crippen molar-refractivity contribution in [3.63, 3.8) is 0 Å². The summed E-state index contributed by atoms with van der Waals surface area (Å²) in [6.45, 7) is 11.9. The quantitative estimate of drug-likeness (QED) is 0.163. The summed E-state index contributed by atoms with van der Waals surface area (Å²) in [7, 11) is -4.07. The summed E-state index contributed by atoms with van der Waals surface area (Å²) >= 11 is 3.38. The van der Waals surface area contributed by atoms with Gasteiger partial charge in [-0.05, 0) is 89.8 Å². The second-order valence-corrected chi connectivity index (χ2v) is 14.7. The minimum absolute atomic E-state index is 0.0338. The van der Waals surface area contributed by atoms with Gasteiger partial charge in [-0.1, -0.05) is 46.3 Å². The third kappa shape index (κ3) is 11.7. The Morgan fingerprint density at radius 1 is 1.02 bits per heavy atom. The number of phosphoric acid groups is 1. The normalized spacial score (nSPS) is 18.2. The van der Waals surface area contributed by atoms with E-state index in [2.05, 4.69) is 20.9 Å². The Hall–Kier alpha value is -2.17. The van der Waals surface area contributed by atoms with Crippen LogP contribution >= 0.6 is 23.8 Å². The molecule has 43 heavy (non-hydrogen) atoms. The summed E-state index contributed by atoms with van der Waals surface area (Å²) in [6.07, 6.45) is -0.311. The first-order chi connectivity index (χ1) is 19.8. The van der Waals surface area contributed by atoms with E-state index in [1.54, 1.807) is 54.5 Å². The Labute approximate surface area is 260 Å². The van der Waals surface area contributed by atoms with Gasteiger partial charge in [-0.3, -0.25) is 13.6 Å². The number of hydrogen-bond donors (Lipinski definition) is 0. The van der Waals surface area contributed by atoms with Gasteiger partial charge in [-0.2, -0.15) is 13.2 Å². The molecular formula is C31H40BrF3NO6P. The lowest BCUT2D eigenvalue weighted by Crippen LogP contribution is -2.33. The van der Waals surface area contributed by atoms with Gasteiger partial charge in [0, 0.05) is 11.4 Å². The fraction of sp³-hybridized carbons (Fsp3) is 0.516. The van der Waals surface area contributed by atoms with Crippen LogP contribution in [0.5, 0.6) is 5.75 Å². The average molecular weight is 691 g/mol. The molecule has 1 aliphatic heterocycles. The van der Waals surface area contributed by atoms with Gasteiger partial charge in [0.25, 0.3) is 0 Å². The molecular weight excluding hydrogens is 650 g/mol. The number of nitrogens with zero attached hydrogens (tertiary/aromatic N) is 1. The van der Waals surface area contributed by atoms with Crippen molar-refractivity contribution in [3.8, 4) is 5.75 Å². The number of aliphatic imine (C=N–C) groups is 1. The third-order valence-corrected chi connectivity index (χ3v) is 8.35. The van der Waals surface area contributed by atoms with Crippen LogP contribution in [-0.4, -0.2) is 42.5 Å². The van der Waals surface area contributed by atoms with E-state index in [1.165, 1.54) is 18.2 Å². The van der Waals surface area contributed by atoms with Crippen molar-refractivity contribution in [2.75, 3.05) is 19.8 Å². The molecule has 0 amide bonds. The molecule has 1 atom stereocenters. The van der Waals surface area contributed by atoms with Crippen molar-refractivity contribution in [3.05, 3.63) is 69.7 Å². The monoisotopic (exact) mass is 689 g/mol. The maximum absolute atomic E-state index is 14.0. The average Bonchev–Trinajstić information content (AvgIpc) is 3.24. The van der Waals surface area contributed by atoms with Crippen molar-refractivity contribution in [2.45, 2.75) is 84.2 Å². The summed E-state index contributed by atoms with van der Waals surface area (Å²) < 4.78 is 84.8. The highest BCUT2D eigenvalue weighted by molar-refractivity contribution is 9.10. The standard InChI is InChI=1S/C31H40BrF3NO6P/c1-22-36-30(20-39-22,21-40-43(37,41-28(2,3)4)42-29(5,6)7)17-16-24-12-15-27(26(19-24)31(33,34)35)38-18-8-9-23-10-13-25(32)14-11-23/h10-17,19H,8-9,18,20-21H2,1-7H3/b17-16+. The summed E-state index contributed by atoms with van der Waals surface area (Å²) in [5, 5.41) is 0. The third-order valence-electron chi connectivity index (χ3n) is 5.83. The Balaban J connectivity index is 1.77. The van der Waals surface area contributed by atoms with E-state index in [0.29, 0.717) is 18.7 Å². The largest absolute Gasteiger partial charge is 0.493 e. The van der Waals surface area contributed by atoms with Crippen LogP contribution in [0.25, 0.3) is 6.08 Å². The Morgan fingerprint density at radius 3 is 2.19 bits per heavy atom. The molecule has 12 heteroatoms. The van der Waals surface area contributed by atoms with E-state index in [0.717, 1.165) is 16.1 Å². The fourth-order valence-electron chi connectivity index (χ4n) is 4.11. The van der Waals surface area contributed by atoms with Gasteiger partial charge < -0.3 is 9.47 Å². The first-order valence-corrected chi connectivity index (χ1v) is 16.2. The van der Waals surface area contributed by atoms with Crippen molar-refractivity contribution in [1.82, 2.24) is 0 Å². The van der Waals surface area contributed by atoms with Gasteiger partial charge in [0.15, 0.2) is 5.90 Å². The first-order valence-electron chi connectivity index (χ1n) is 13.9. The van der Waals surface area contributed by atoms with Gasteiger partial charge in [-0.15, -0.1) is 0 Å². The number of phosphoric ester groups is 1. The molecule has 238 valence electrons.